The molecule has 3 heterocycles. The molecule has 0 bridgehead atoms. The van der Waals surface area contributed by atoms with Gasteiger partial charge >= 0.3 is 0 Å². The molecule has 0 saturated carbocycles. The van der Waals surface area contributed by atoms with Crippen molar-refractivity contribution < 1.29 is 4.79 Å². The maximum atomic E-state index is 12.6. The lowest BCUT2D eigenvalue weighted by Crippen LogP contribution is -2.28. The zero-order chi connectivity index (χ0) is 18.6. The summed E-state index contributed by atoms with van der Waals surface area (Å²) in [5, 5.41) is 10.7. The molecule has 0 radical (unpaired) electrons. The molecule has 0 saturated heterocycles. The second-order valence-corrected chi connectivity index (χ2v) is 6.85. The zero-order valence-corrected chi connectivity index (χ0v) is 15.4. The van der Waals surface area contributed by atoms with Gasteiger partial charge in [0.25, 0.3) is 5.91 Å². The van der Waals surface area contributed by atoms with Crippen molar-refractivity contribution >= 4 is 5.91 Å². The average Bonchev–Trinajstić information content (AvgIpc) is 3.16. The Bertz CT molecular complexity index is 948. The predicted octanol–water partition coefficient (Wildman–Crippen LogP) is 2.21. The van der Waals surface area contributed by atoms with Crippen molar-refractivity contribution in [2.45, 2.75) is 33.0 Å². The van der Waals surface area contributed by atoms with E-state index in [1.165, 1.54) is 11.1 Å². The van der Waals surface area contributed by atoms with Crippen LogP contribution < -0.4 is 10.6 Å². The minimum Gasteiger partial charge on any atom is -0.348 e. The van der Waals surface area contributed by atoms with E-state index in [0.717, 1.165) is 36.3 Å². The van der Waals surface area contributed by atoms with Gasteiger partial charge in [-0.2, -0.15) is 5.10 Å². The lowest BCUT2D eigenvalue weighted by molar-refractivity contribution is 0.0950. The smallest absolute Gasteiger partial charge is 0.254 e. The number of amides is 1. The van der Waals surface area contributed by atoms with Crippen LogP contribution in [0.25, 0.3) is 0 Å². The molecule has 2 aromatic heterocycles. The number of hydrogen-bond donors (Lipinski definition) is 2. The van der Waals surface area contributed by atoms with Gasteiger partial charge in [0.1, 0.15) is 0 Å². The third-order valence-electron chi connectivity index (χ3n) is 4.98. The van der Waals surface area contributed by atoms with Gasteiger partial charge < -0.3 is 10.6 Å². The maximum absolute atomic E-state index is 12.6. The topological polar surface area (TPSA) is 71.8 Å². The van der Waals surface area contributed by atoms with E-state index in [9.17, 15) is 4.79 Å². The van der Waals surface area contributed by atoms with E-state index in [1.807, 2.05) is 43.5 Å². The summed E-state index contributed by atoms with van der Waals surface area (Å²) in [5.74, 6) is -0.111. The number of aryl methyl sites for hydroxylation is 1. The van der Waals surface area contributed by atoms with Gasteiger partial charge in [-0.05, 0) is 42.1 Å². The Hall–Kier alpha value is -2.99. The summed E-state index contributed by atoms with van der Waals surface area (Å²) in [6.07, 6.45) is 6.32. The number of carbonyl (C=O) groups excluding carboxylic acids is 1. The van der Waals surface area contributed by atoms with Gasteiger partial charge in [-0.25, -0.2) is 0 Å². The molecule has 1 aliphatic rings. The third-order valence-corrected chi connectivity index (χ3v) is 4.98. The van der Waals surface area contributed by atoms with Crippen LogP contribution in [-0.2, 0) is 26.1 Å². The Morgan fingerprint density at radius 1 is 1.26 bits per heavy atom. The Morgan fingerprint density at radius 3 is 2.96 bits per heavy atom. The van der Waals surface area contributed by atoms with Crippen molar-refractivity contribution in [1.82, 2.24) is 25.4 Å². The number of rotatable bonds is 5. The first-order valence-corrected chi connectivity index (χ1v) is 9.22. The molecule has 4 rings (SSSR count). The average molecular weight is 361 g/mol. The van der Waals surface area contributed by atoms with Crippen LogP contribution in [-0.4, -0.2) is 27.2 Å². The molecule has 1 aliphatic heterocycles. The lowest BCUT2D eigenvalue weighted by Gasteiger charge is -2.21. The molecular formula is C21H23N5O. The van der Waals surface area contributed by atoms with Crippen molar-refractivity contribution in [3.8, 4) is 0 Å². The lowest BCUT2D eigenvalue weighted by atomic mass is 9.96. The summed E-state index contributed by atoms with van der Waals surface area (Å²) in [5.41, 5.74) is 6.39. The molecule has 138 valence electrons. The molecule has 3 aromatic rings. The molecular weight excluding hydrogens is 338 g/mol. The second kappa shape index (κ2) is 7.72. The molecule has 1 amide bonds. The number of benzene rings is 1. The zero-order valence-electron chi connectivity index (χ0n) is 15.4. The second-order valence-electron chi connectivity index (χ2n) is 6.85. The normalized spacial score (nSPS) is 13.2. The summed E-state index contributed by atoms with van der Waals surface area (Å²) >= 11 is 0. The molecule has 0 spiro atoms. The first-order chi connectivity index (χ1) is 13.2. The standard InChI is InChI=1S/C21H23N5O/c1-15-20(19-7-8-22-9-17(19)10-23-15)12-24-21(27)18-11-25-26(14-18)13-16-5-3-2-4-6-16/h2-6,10-11,14,22H,7-9,12-13H2,1H3,(H,24,27). The number of hydrogen-bond acceptors (Lipinski definition) is 4. The highest BCUT2D eigenvalue weighted by atomic mass is 16.1. The summed E-state index contributed by atoms with van der Waals surface area (Å²) in [6.45, 7) is 4.95. The number of fused-ring (bicyclic) bond motifs is 1. The molecule has 0 aliphatic carbocycles. The van der Waals surface area contributed by atoms with Gasteiger partial charge in [-0.1, -0.05) is 30.3 Å². The molecule has 1 aromatic carbocycles. The summed E-state index contributed by atoms with van der Waals surface area (Å²) in [4.78, 5) is 17.1. The highest BCUT2D eigenvalue weighted by Crippen LogP contribution is 2.20. The van der Waals surface area contributed by atoms with Gasteiger partial charge in [-0.15, -0.1) is 0 Å². The van der Waals surface area contributed by atoms with E-state index < -0.39 is 0 Å². The molecule has 27 heavy (non-hydrogen) atoms. The van der Waals surface area contributed by atoms with Crippen LogP contribution in [0, 0.1) is 6.92 Å². The maximum Gasteiger partial charge on any atom is 0.254 e. The Morgan fingerprint density at radius 2 is 2.11 bits per heavy atom. The van der Waals surface area contributed by atoms with Gasteiger partial charge in [-0.3, -0.25) is 14.5 Å². The van der Waals surface area contributed by atoms with Gasteiger partial charge in [0.05, 0.1) is 18.3 Å². The van der Waals surface area contributed by atoms with Gasteiger partial charge in [0, 0.05) is 31.2 Å². The van der Waals surface area contributed by atoms with E-state index in [0.29, 0.717) is 18.7 Å². The number of nitrogens with zero attached hydrogens (tertiary/aromatic N) is 3. The number of nitrogens with one attached hydrogen (secondary N) is 2. The van der Waals surface area contributed by atoms with Crippen LogP contribution in [0.15, 0.2) is 48.9 Å². The molecule has 0 fully saturated rings. The fourth-order valence-corrected chi connectivity index (χ4v) is 3.49. The highest BCUT2D eigenvalue weighted by Gasteiger charge is 2.17. The molecule has 6 nitrogen and oxygen atoms in total. The van der Waals surface area contributed by atoms with E-state index in [4.69, 9.17) is 0 Å². The Labute approximate surface area is 158 Å². The third kappa shape index (κ3) is 3.90. The van der Waals surface area contributed by atoms with Gasteiger partial charge in [0.2, 0.25) is 0 Å². The minimum atomic E-state index is -0.111. The SMILES string of the molecule is Cc1ncc2c(c1CNC(=O)c1cnn(Cc3ccccc3)c1)CCNC2. The van der Waals surface area contributed by atoms with E-state index >= 15 is 0 Å². The van der Waals surface area contributed by atoms with Crippen molar-refractivity contribution in [3.05, 3.63) is 82.4 Å². The van der Waals surface area contributed by atoms with Crippen LogP contribution in [0.3, 0.4) is 0 Å². The summed E-state index contributed by atoms with van der Waals surface area (Å²) < 4.78 is 1.78. The fourth-order valence-electron chi connectivity index (χ4n) is 3.49. The predicted molar refractivity (Wildman–Crippen MR) is 103 cm³/mol. The molecule has 0 atom stereocenters. The van der Waals surface area contributed by atoms with Gasteiger partial charge in [0.15, 0.2) is 0 Å². The van der Waals surface area contributed by atoms with E-state index in [1.54, 1.807) is 17.1 Å². The first-order valence-electron chi connectivity index (χ1n) is 9.22. The van der Waals surface area contributed by atoms with Crippen LogP contribution in [0.4, 0.5) is 0 Å². The van der Waals surface area contributed by atoms with E-state index in [2.05, 4.69) is 20.7 Å². The fraction of sp³-hybridized carbons (Fsp3) is 0.286. The van der Waals surface area contributed by atoms with Crippen LogP contribution >= 0.6 is 0 Å². The van der Waals surface area contributed by atoms with Crippen molar-refractivity contribution in [2.24, 2.45) is 0 Å². The van der Waals surface area contributed by atoms with Crippen LogP contribution in [0.2, 0.25) is 0 Å². The molecule has 0 unspecified atom stereocenters. The first kappa shape index (κ1) is 17.4. The molecule has 6 heteroatoms. The van der Waals surface area contributed by atoms with E-state index in [-0.39, 0.29) is 5.91 Å². The summed E-state index contributed by atoms with van der Waals surface area (Å²) in [6, 6.07) is 10.1. The van der Waals surface area contributed by atoms with Crippen molar-refractivity contribution in [1.29, 1.82) is 0 Å². The quantitative estimate of drug-likeness (QED) is 0.731. The van der Waals surface area contributed by atoms with Crippen LogP contribution in [0.5, 0.6) is 0 Å². The summed E-state index contributed by atoms with van der Waals surface area (Å²) in [7, 11) is 0. The molecule has 2 N–H and O–H groups in total. The Kier molecular flexibility index (Phi) is 4.98. The largest absolute Gasteiger partial charge is 0.348 e. The Balaban J connectivity index is 1.43. The highest BCUT2D eigenvalue weighted by molar-refractivity contribution is 5.93. The number of pyridine rings is 1. The number of aromatic nitrogens is 3. The van der Waals surface area contributed by atoms with Crippen LogP contribution in [0.1, 0.15) is 38.3 Å². The van der Waals surface area contributed by atoms with Crippen molar-refractivity contribution in [3.63, 3.8) is 0 Å². The minimum absolute atomic E-state index is 0.111. The monoisotopic (exact) mass is 361 g/mol. The number of carbonyl (C=O) groups is 1. The van der Waals surface area contributed by atoms with Crippen molar-refractivity contribution in [2.75, 3.05) is 6.54 Å².